The van der Waals surface area contributed by atoms with Gasteiger partial charge in [0.05, 0.1) is 16.6 Å². The van der Waals surface area contributed by atoms with Crippen molar-refractivity contribution in [2.24, 2.45) is 0 Å². The minimum Gasteiger partial charge on any atom is -0.478 e. The average molecular weight is 371 g/mol. The molecule has 0 aliphatic carbocycles. The van der Waals surface area contributed by atoms with Crippen LogP contribution in [-0.2, 0) is 6.54 Å². The molecule has 0 unspecified atom stereocenters. The fraction of sp³-hybridized carbons (Fsp3) is 0.176. The third-order valence-corrected chi connectivity index (χ3v) is 4.49. The number of pyridine rings is 1. The van der Waals surface area contributed by atoms with Crippen LogP contribution in [0.4, 0.5) is 0 Å². The zero-order valence-corrected chi connectivity index (χ0v) is 14.4. The maximum atomic E-state index is 12.3. The summed E-state index contributed by atoms with van der Waals surface area (Å²) in [5.41, 5.74) is 0.565. The van der Waals surface area contributed by atoms with E-state index in [0.29, 0.717) is 29.3 Å². The molecule has 0 fully saturated rings. The number of aromatic nitrogens is 3. The number of aryl methyl sites for hydroxylation is 1. The quantitative estimate of drug-likeness (QED) is 0.682. The number of rotatable bonds is 3. The molecule has 1 aliphatic heterocycles. The number of hydrogen-bond donors (Lipinski definition) is 2. The molecule has 132 valence electrons. The van der Waals surface area contributed by atoms with E-state index in [1.54, 1.807) is 22.8 Å². The second-order valence-corrected chi connectivity index (χ2v) is 6.02. The van der Waals surface area contributed by atoms with Crippen molar-refractivity contribution >= 4 is 29.2 Å². The number of benzene rings is 1. The van der Waals surface area contributed by atoms with Gasteiger partial charge in [-0.05, 0) is 43.4 Å². The van der Waals surface area contributed by atoms with E-state index in [4.69, 9.17) is 21.7 Å². The molecule has 9 heteroatoms. The molecule has 0 atom stereocenters. The van der Waals surface area contributed by atoms with Crippen LogP contribution in [0, 0.1) is 4.77 Å². The van der Waals surface area contributed by atoms with Crippen molar-refractivity contribution in [2.75, 3.05) is 6.79 Å². The summed E-state index contributed by atoms with van der Waals surface area (Å²) in [4.78, 5) is 31.1. The summed E-state index contributed by atoms with van der Waals surface area (Å²) in [6.45, 7) is 2.40. The fourth-order valence-corrected chi connectivity index (χ4v) is 3.25. The molecule has 0 saturated heterocycles. The lowest BCUT2D eigenvalue weighted by Gasteiger charge is -2.12. The minimum absolute atomic E-state index is 0.00237. The molecular weight excluding hydrogens is 358 g/mol. The molecule has 2 aromatic heterocycles. The highest BCUT2D eigenvalue weighted by Crippen LogP contribution is 2.36. The van der Waals surface area contributed by atoms with Crippen LogP contribution in [0.1, 0.15) is 17.3 Å². The molecule has 1 aliphatic rings. The molecule has 0 spiro atoms. The Balaban J connectivity index is 2.07. The number of carboxylic acid groups (broad SMARTS) is 1. The Morgan fingerprint density at radius 2 is 2.12 bits per heavy atom. The van der Waals surface area contributed by atoms with E-state index in [1.807, 2.05) is 6.92 Å². The number of ether oxygens (including phenoxy) is 2. The van der Waals surface area contributed by atoms with Crippen LogP contribution in [0.3, 0.4) is 0 Å². The van der Waals surface area contributed by atoms with Gasteiger partial charge in [0, 0.05) is 12.1 Å². The van der Waals surface area contributed by atoms with Gasteiger partial charge in [0.1, 0.15) is 5.65 Å². The Morgan fingerprint density at radius 3 is 2.85 bits per heavy atom. The van der Waals surface area contributed by atoms with E-state index in [-0.39, 0.29) is 28.2 Å². The van der Waals surface area contributed by atoms with Crippen molar-refractivity contribution in [2.45, 2.75) is 13.5 Å². The first-order valence-electron chi connectivity index (χ1n) is 7.80. The van der Waals surface area contributed by atoms with E-state index >= 15 is 0 Å². The van der Waals surface area contributed by atoms with E-state index in [1.165, 1.54) is 6.07 Å². The predicted molar refractivity (Wildman–Crippen MR) is 95.4 cm³/mol. The van der Waals surface area contributed by atoms with Crippen molar-refractivity contribution < 1.29 is 19.4 Å². The van der Waals surface area contributed by atoms with Crippen molar-refractivity contribution in [1.82, 2.24) is 14.5 Å². The van der Waals surface area contributed by atoms with Gasteiger partial charge in [-0.2, -0.15) is 0 Å². The smallest absolute Gasteiger partial charge is 0.336 e. The molecule has 0 amide bonds. The Bertz CT molecular complexity index is 1180. The number of aromatic amines is 1. The Labute approximate surface area is 151 Å². The number of nitrogens with one attached hydrogen (secondary N) is 1. The first kappa shape index (κ1) is 16.3. The Hall–Kier alpha value is -3.20. The Kier molecular flexibility index (Phi) is 3.73. The highest BCUT2D eigenvalue weighted by Gasteiger charge is 2.20. The molecule has 0 saturated carbocycles. The van der Waals surface area contributed by atoms with Gasteiger partial charge < -0.3 is 19.1 Å². The SMILES string of the molecule is CCn1c(=S)[nH]c(=O)c2c(C(=O)O)cc(-c3ccc4c(c3)OCO4)nc21. The molecule has 1 aromatic carbocycles. The highest BCUT2D eigenvalue weighted by atomic mass is 32.1. The number of H-pyrrole nitrogens is 1. The summed E-state index contributed by atoms with van der Waals surface area (Å²) in [6, 6.07) is 6.58. The van der Waals surface area contributed by atoms with Crippen LogP contribution in [0.5, 0.6) is 11.5 Å². The first-order chi connectivity index (χ1) is 12.5. The molecule has 0 bridgehead atoms. The number of hydrogen-bond acceptors (Lipinski definition) is 6. The standard InChI is InChI=1S/C17H13N3O5S/c1-2-20-14-13(15(21)19-17(20)26)9(16(22)23)6-10(18-14)8-3-4-11-12(5-8)25-7-24-11/h3-6H,2,7H2,1H3,(H,22,23)(H,19,21,26). The summed E-state index contributed by atoms with van der Waals surface area (Å²) in [7, 11) is 0. The van der Waals surface area contributed by atoms with E-state index in [9.17, 15) is 14.7 Å². The zero-order valence-electron chi connectivity index (χ0n) is 13.6. The van der Waals surface area contributed by atoms with Crippen LogP contribution in [0.25, 0.3) is 22.3 Å². The van der Waals surface area contributed by atoms with Crippen molar-refractivity contribution in [3.05, 3.63) is 45.0 Å². The van der Waals surface area contributed by atoms with Gasteiger partial charge in [0.2, 0.25) is 6.79 Å². The van der Waals surface area contributed by atoms with Gasteiger partial charge in [-0.3, -0.25) is 9.78 Å². The molecule has 0 radical (unpaired) electrons. The normalized spacial score (nSPS) is 12.5. The topological polar surface area (TPSA) is 106 Å². The van der Waals surface area contributed by atoms with Crippen LogP contribution in [-0.4, -0.2) is 32.4 Å². The number of carbonyl (C=O) groups is 1. The van der Waals surface area contributed by atoms with Crippen molar-refractivity contribution in [3.8, 4) is 22.8 Å². The van der Waals surface area contributed by atoms with Crippen molar-refractivity contribution in [1.29, 1.82) is 0 Å². The number of carboxylic acids is 1. The summed E-state index contributed by atoms with van der Waals surface area (Å²) in [5.74, 6) is -0.0509. The first-order valence-corrected chi connectivity index (χ1v) is 8.21. The third-order valence-electron chi connectivity index (χ3n) is 4.16. The van der Waals surface area contributed by atoms with Gasteiger partial charge in [-0.1, -0.05) is 0 Å². The zero-order chi connectivity index (χ0) is 18.4. The van der Waals surface area contributed by atoms with Gasteiger partial charge in [-0.25, -0.2) is 9.78 Å². The molecule has 3 aromatic rings. The molecule has 26 heavy (non-hydrogen) atoms. The fourth-order valence-electron chi connectivity index (χ4n) is 2.94. The van der Waals surface area contributed by atoms with Crippen LogP contribution < -0.4 is 15.0 Å². The number of fused-ring (bicyclic) bond motifs is 2. The number of aromatic carboxylic acids is 1. The van der Waals surface area contributed by atoms with Gasteiger partial charge in [0.25, 0.3) is 5.56 Å². The second kappa shape index (κ2) is 5.95. The summed E-state index contributed by atoms with van der Waals surface area (Å²) in [6.07, 6.45) is 0. The van der Waals surface area contributed by atoms with Crippen LogP contribution in [0.2, 0.25) is 0 Å². The largest absolute Gasteiger partial charge is 0.478 e. The van der Waals surface area contributed by atoms with Gasteiger partial charge >= 0.3 is 5.97 Å². The lowest BCUT2D eigenvalue weighted by atomic mass is 10.1. The van der Waals surface area contributed by atoms with Crippen LogP contribution in [0.15, 0.2) is 29.1 Å². The lowest BCUT2D eigenvalue weighted by Crippen LogP contribution is -2.18. The van der Waals surface area contributed by atoms with E-state index in [0.717, 1.165) is 0 Å². The summed E-state index contributed by atoms with van der Waals surface area (Å²) >= 11 is 5.18. The Morgan fingerprint density at radius 1 is 1.35 bits per heavy atom. The highest BCUT2D eigenvalue weighted by molar-refractivity contribution is 7.71. The summed E-state index contributed by atoms with van der Waals surface area (Å²) in [5, 5.41) is 9.60. The van der Waals surface area contributed by atoms with Crippen molar-refractivity contribution in [3.63, 3.8) is 0 Å². The average Bonchev–Trinajstić information content (AvgIpc) is 3.08. The summed E-state index contributed by atoms with van der Waals surface area (Å²) < 4.78 is 12.4. The molecule has 8 nitrogen and oxygen atoms in total. The van der Waals surface area contributed by atoms with E-state index in [2.05, 4.69) is 9.97 Å². The molecule has 3 heterocycles. The van der Waals surface area contributed by atoms with Gasteiger partial charge in [-0.15, -0.1) is 0 Å². The number of nitrogens with zero attached hydrogens (tertiary/aromatic N) is 2. The maximum Gasteiger partial charge on any atom is 0.336 e. The van der Waals surface area contributed by atoms with Gasteiger partial charge in [0.15, 0.2) is 16.3 Å². The van der Waals surface area contributed by atoms with E-state index < -0.39 is 11.5 Å². The second-order valence-electron chi connectivity index (χ2n) is 5.63. The molecule has 4 rings (SSSR count). The predicted octanol–water partition coefficient (Wildman–Crippen LogP) is 2.57. The molecular formula is C17H13N3O5S. The molecule has 2 N–H and O–H groups in total. The lowest BCUT2D eigenvalue weighted by molar-refractivity contribution is 0.0699. The monoisotopic (exact) mass is 371 g/mol. The maximum absolute atomic E-state index is 12.3. The van der Waals surface area contributed by atoms with Crippen LogP contribution >= 0.6 is 12.2 Å². The minimum atomic E-state index is -1.22. The third kappa shape index (κ3) is 2.44.